The summed E-state index contributed by atoms with van der Waals surface area (Å²) in [6, 6.07) is 81.4. The van der Waals surface area contributed by atoms with Gasteiger partial charge in [-0.2, -0.15) is 0 Å². The number of hydrogen-bond donors (Lipinski definition) is 0. The van der Waals surface area contributed by atoms with Crippen LogP contribution in [0.25, 0.3) is 88.7 Å². The van der Waals surface area contributed by atoms with Crippen LogP contribution in [-0.2, 0) is 0 Å². The maximum atomic E-state index is 5.11. The molecule has 10 aromatic carbocycles. The Bertz CT molecular complexity index is 3210. The Hall–Kier alpha value is -8.21. The van der Waals surface area contributed by atoms with Crippen LogP contribution in [0.1, 0.15) is 0 Å². The van der Waals surface area contributed by atoms with Crippen LogP contribution in [-0.4, -0.2) is 15.0 Å². The highest BCUT2D eigenvalue weighted by Gasteiger charge is 2.19. The van der Waals surface area contributed by atoms with Crippen LogP contribution in [0.5, 0.6) is 0 Å². The van der Waals surface area contributed by atoms with Crippen LogP contribution in [0.3, 0.4) is 0 Å². The first-order valence-corrected chi connectivity index (χ1v) is 20.6. The van der Waals surface area contributed by atoms with Crippen molar-refractivity contribution in [2.75, 3.05) is 4.90 Å². The summed E-state index contributed by atoms with van der Waals surface area (Å²) < 4.78 is 0. The molecule has 0 aliphatic rings. The van der Waals surface area contributed by atoms with Gasteiger partial charge in [0.05, 0.1) is 0 Å². The van der Waals surface area contributed by atoms with E-state index in [4.69, 9.17) is 15.0 Å². The van der Waals surface area contributed by atoms with Crippen LogP contribution in [0.15, 0.2) is 231 Å². The van der Waals surface area contributed by atoms with Crippen molar-refractivity contribution in [2.24, 2.45) is 0 Å². The van der Waals surface area contributed by atoms with E-state index in [1.807, 2.05) is 60.7 Å². The molecule has 0 radical (unpaired) electrons. The van der Waals surface area contributed by atoms with E-state index in [2.05, 4.69) is 175 Å². The molecule has 4 heteroatoms. The van der Waals surface area contributed by atoms with Gasteiger partial charge in [0.2, 0.25) is 0 Å². The van der Waals surface area contributed by atoms with E-state index in [1.165, 1.54) is 32.7 Å². The second kappa shape index (κ2) is 15.5. The lowest BCUT2D eigenvalue weighted by atomic mass is 9.92. The summed E-state index contributed by atoms with van der Waals surface area (Å²) in [5.41, 5.74) is 10.7. The summed E-state index contributed by atoms with van der Waals surface area (Å²) in [5, 5.41) is 7.06. The Morgan fingerprint density at radius 2 is 0.574 bits per heavy atom. The number of anilines is 3. The third kappa shape index (κ3) is 6.86. The molecule has 0 unspecified atom stereocenters. The van der Waals surface area contributed by atoms with Gasteiger partial charge in [-0.25, -0.2) is 15.0 Å². The molecule has 0 bridgehead atoms. The molecule has 0 saturated heterocycles. The van der Waals surface area contributed by atoms with Gasteiger partial charge in [0.25, 0.3) is 0 Å². The summed E-state index contributed by atoms with van der Waals surface area (Å²) in [4.78, 5) is 17.6. The number of fused-ring (bicyclic) bond motifs is 6. The maximum Gasteiger partial charge on any atom is 0.164 e. The van der Waals surface area contributed by atoms with E-state index in [9.17, 15) is 0 Å². The Balaban J connectivity index is 1.14. The molecule has 11 rings (SSSR count). The van der Waals surface area contributed by atoms with Gasteiger partial charge in [-0.3, -0.25) is 0 Å². The number of benzene rings is 10. The van der Waals surface area contributed by atoms with Crippen molar-refractivity contribution in [3.63, 3.8) is 0 Å². The maximum absolute atomic E-state index is 5.11. The Morgan fingerprint density at radius 3 is 1.07 bits per heavy atom. The van der Waals surface area contributed by atoms with Crippen molar-refractivity contribution in [1.82, 2.24) is 15.0 Å². The predicted molar refractivity (Wildman–Crippen MR) is 254 cm³/mol. The predicted octanol–water partition coefficient (Wildman–Crippen LogP) is 15.1. The zero-order chi connectivity index (χ0) is 40.5. The third-order valence-electron chi connectivity index (χ3n) is 11.5. The summed E-state index contributed by atoms with van der Waals surface area (Å²) in [6.07, 6.45) is 0. The van der Waals surface area contributed by atoms with E-state index >= 15 is 0 Å². The minimum absolute atomic E-state index is 0.629. The first-order valence-electron chi connectivity index (χ1n) is 20.6. The first kappa shape index (κ1) is 35.9. The Labute approximate surface area is 354 Å². The summed E-state index contributed by atoms with van der Waals surface area (Å²) in [7, 11) is 0. The number of aromatic nitrogens is 3. The second-order valence-electron chi connectivity index (χ2n) is 15.2. The Kier molecular flexibility index (Phi) is 9.14. The molecule has 1 aromatic heterocycles. The lowest BCUT2D eigenvalue weighted by Crippen LogP contribution is -2.10. The van der Waals surface area contributed by atoms with Gasteiger partial charge in [0, 0.05) is 33.8 Å². The van der Waals surface area contributed by atoms with Crippen LogP contribution in [0.4, 0.5) is 17.1 Å². The molecule has 0 N–H and O–H groups in total. The lowest BCUT2D eigenvalue weighted by molar-refractivity contribution is 1.07. The highest BCUT2D eigenvalue weighted by atomic mass is 15.1. The number of rotatable bonds is 8. The molecule has 0 aliphatic heterocycles. The zero-order valence-corrected chi connectivity index (χ0v) is 33.2. The van der Waals surface area contributed by atoms with Crippen LogP contribution >= 0.6 is 0 Å². The monoisotopic (exact) mass is 778 g/mol. The second-order valence-corrected chi connectivity index (χ2v) is 15.2. The van der Waals surface area contributed by atoms with E-state index < -0.39 is 0 Å². The van der Waals surface area contributed by atoms with Crippen LogP contribution in [0, 0.1) is 0 Å². The Morgan fingerprint density at radius 1 is 0.213 bits per heavy atom. The average Bonchev–Trinajstić information content (AvgIpc) is 3.35. The molecule has 0 spiro atoms. The molecule has 0 atom stereocenters. The molecular weight excluding hydrogens is 741 g/mol. The van der Waals surface area contributed by atoms with Gasteiger partial charge in [-0.15, -0.1) is 0 Å². The van der Waals surface area contributed by atoms with Crippen molar-refractivity contribution in [2.45, 2.75) is 0 Å². The molecule has 4 nitrogen and oxygen atoms in total. The van der Waals surface area contributed by atoms with Crippen molar-refractivity contribution in [3.05, 3.63) is 231 Å². The third-order valence-corrected chi connectivity index (χ3v) is 11.5. The standard InChI is InChI=1S/C57H38N4/c1-5-17-39(18-6-1)43-25-15-27-46(35-43)61(47-28-16-26-44(36-47)40-19-7-2-8-20-40)48-32-34-52-50-30-14-13-29-49(50)51-33-31-45(37-53(51)54(52)38-48)57-59-55(41-21-9-3-10-22-41)58-56(60-57)42-23-11-4-12-24-42/h1-38H. The van der Waals surface area contributed by atoms with Crippen molar-refractivity contribution in [1.29, 1.82) is 0 Å². The van der Waals surface area contributed by atoms with E-state index in [0.29, 0.717) is 17.5 Å². The molecule has 0 amide bonds. The van der Waals surface area contributed by atoms with Crippen molar-refractivity contribution < 1.29 is 0 Å². The largest absolute Gasteiger partial charge is 0.310 e. The number of hydrogen-bond acceptors (Lipinski definition) is 4. The molecule has 0 aliphatic carbocycles. The summed E-state index contributed by atoms with van der Waals surface area (Å²) in [5.74, 6) is 1.91. The molecule has 0 saturated carbocycles. The van der Waals surface area contributed by atoms with E-state index in [0.717, 1.165) is 55.7 Å². The topological polar surface area (TPSA) is 41.9 Å². The average molecular weight is 779 g/mol. The molecule has 11 aromatic rings. The van der Waals surface area contributed by atoms with Gasteiger partial charge in [0.15, 0.2) is 17.5 Å². The quantitative estimate of drug-likeness (QED) is 0.144. The normalized spacial score (nSPS) is 11.3. The van der Waals surface area contributed by atoms with Gasteiger partial charge in [-0.1, -0.05) is 188 Å². The number of nitrogens with zero attached hydrogens (tertiary/aromatic N) is 4. The van der Waals surface area contributed by atoms with E-state index in [-0.39, 0.29) is 0 Å². The highest BCUT2D eigenvalue weighted by molar-refractivity contribution is 6.26. The molecule has 1 heterocycles. The molecule has 61 heavy (non-hydrogen) atoms. The zero-order valence-electron chi connectivity index (χ0n) is 33.2. The fourth-order valence-corrected chi connectivity index (χ4v) is 8.52. The minimum atomic E-state index is 0.629. The van der Waals surface area contributed by atoms with E-state index in [1.54, 1.807) is 0 Å². The van der Waals surface area contributed by atoms with Gasteiger partial charge < -0.3 is 4.90 Å². The fraction of sp³-hybridized carbons (Fsp3) is 0. The molecular formula is C57H38N4. The summed E-state index contributed by atoms with van der Waals surface area (Å²) in [6.45, 7) is 0. The SMILES string of the molecule is c1ccc(-c2cccc(N(c3cccc(-c4ccccc4)c3)c3ccc4c5ccccc5c5ccc(-c6nc(-c7ccccc7)nc(-c7ccccc7)n6)cc5c4c3)c2)cc1. The molecule has 0 fully saturated rings. The van der Waals surface area contributed by atoms with Crippen molar-refractivity contribution >= 4 is 49.4 Å². The van der Waals surface area contributed by atoms with Gasteiger partial charge in [-0.05, 0) is 97.0 Å². The van der Waals surface area contributed by atoms with Crippen molar-refractivity contribution in [3.8, 4) is 56.4 Å². The highest BCUT2D eigenvalue weighted by Crippen LogP contribution is 2.43. The fourth-order valence-electron chi connectivity index (χ4n) is 8.52. The van der Waals surface area contributed by atoms with Gasteiger partial charge >= 0.3 is 0 Å². The smallest absolute Gasteiger partial charge is 0.164 e. The lowest BCUT2D eigenvalue weighted by Gasteiger charge is -2.27. The van der Waals surface area contributed by atoms with Crippen LogP contribution in [0.2, 0.25) is 0 Å². The minimum Gasteiger partial charge on any atom is -0.310 e. The van der Waals surface area contributed by atoms with Gasteiger partial charge in [0.1, 0.15) is 0 Å². The molecule has 286 valence electrons. The van der Waals surface area contributed by atoms with Crippen LogP contribution < -0.4 is 4.90 Å². The summed E-state index contributed by atoms with van der Waals surface area (Å²) >= 11 is 0. The first-order chi connectivity index (χ1) is 30.2.